The summed E-state index contributed by atoms with van der Waals surface area (Å²) in [4.78, 5) is 17.8. The molecule has 2 fully saturated rings. The second kappa shape index (κ2) is 6.40. The first-order valence-corrected chi connectivity index (χ1v) is 8.86. The molecule has 4 rings (SSSR count). The first kappa shape index (κ1) is 15.4. The van der Waals surface area contributed by atoms with E-state index >= 15 is 0 Å². The molecule has 0 unspecified atom stereocenters. The second-order valence-corrected chi connectivity index (χ2v) is 6.87. The molecule has 2 aromatic rings. The normalized spacial score (nSPS) is 24.6. The Labute approximate surface area is 142 Å². The highest BCUT2D eigenvalue weighted by Crippen LogP contribution is 2.31. The lowest BCUT2D eigenvalue weighted by atomic mass is 10.0. The fourth-order valence-electron chi connectivity index (χ4n) is 4.29. The highest BCUT2D eigenvalue weighted by Gasteiger charge is 2.39. The monoisotopic (exact) mass is 324 g/mol. The Kier molecular flexibility index (Phi) is 4.10. The zero-order chi connectivity index (χ0) is 16.5. The Morgan fingerprint density at radius 3 is 2.62 bits per heavy atom. The van der Waals surface area contributed by atoms with Gasteiger partial charge in [0.2, 0.25) is 0 Å². The first-order chi connectivity index (χ1) is 11.8. The summed E-state index contributed by atoms with van der Waals surface area (Å²) in [5.41, 5.74) is 1.60. The van der Waals surface area contributed by atoms with Crippen LogP contribution >= 0.6 is 0 Å². The lowest BCUT2D eigenvalue weighted by Crippen LogP contribution is -2.47. The number of benzene rings is 1. The Morgan fingerprint density at radius 1 is 1.08 bits per heavy atom. The van der Waals surface area contributed by atoms with Crippen molar-refractivity contribution in [3.63, 3.8) is 0 Å². The van der Waals surface area contributed by atoms with Crippen LogP contribution in [0.25, 0.3) is 5.69 Å². The molecule has 0 N–H and O–H groups in total. The minimum absolute atomic E-state index is 0.143. The maximum Gasteiger partial charge on any atom is 0.256 e. The third-order valence-electron chi connectivity index (χ3n) is 5.47. The summed E-state index contributed by atoms with van der Waals surface area (Å²) in [7, 11) is 2.19. The van der Waals surface area contributed by atoms with Gasteiger partial charge in [-0.3, -0.25) is 4.79 Å². The van der Waals surface area contributed by atoms with Crippen molar-refractivity contribution in [1.29, 1.82) is 0 Å². The van der Waals surface area contributed by atoms with Crippen molar-refractivity contribution < 1.29 is 4.79 Å². The van der Waals surface area contributed by atoms with Crippen molar-refractivity contribution in [2.45, 2.75) is 37.8 Å². The molecule has 0 spiro atoms. The van der Waals surface area contributed by atoms with Crippen molar-refractivity contribution >= 4 is 5.91 Å². The van der Waals surface area contributed by atoms with E-state index in [1.165, 1.54) is 12.8 Å². The number of likely N-dealkylation sites (N-methyl/N-ethyl adjacent to an activating group) is 1. The molecule has 5 heteroatoms. The number of carbonyl (C=O) groups excluding carboxylic acids is 1. The molecule has 1 amide bonds. The summed E-state index contributed by atoms with van der Waals surface area (Å²) in [6.45, 7) is 2.01. The zero-order valence-electron chi connectivity index (χ0n) is 14.1. The summed E-state index contributed by atoms with van der Waals surface area (Å²) in [6.07, 6.45) is 8.29. The van der Waals surface area contributed by atoms with Crippen molar-refractivity contribution in [3.05, 3.63) is 48.3 Å². The van der Waals surface area contributed by atoms with Crippen LogP contribution in [0, 0.1) is 0 Å². The number of likely N-dealkylation sites (tertiary alicyclic amines) is 2. The van der Waals surface area contributed by atoms with E-state index in [1.54, 1.807) is 10.9 Å². The lowest BCUT2D eigenvalue weighted by Gasteiger charge is -2.33. The van der Waals surface area contributed by atoms with Gasteiger partial charge in [0.05, 0.1) is 11.3 Å². The number of carbonyl (C=O) groups is 1. The van der Waals surface area contributed by atoms with Crippen LogP contribution in [0.1, 0.15) is 36.0 Å². The van der Waals surface area contributed by atoms with Gasteiger partial charge in [0.15, 0.2) is 0 Å². The summed E-state index contributed by atoms with van der Waals surface area (Å²) in [5.74, 6) is 0.143. The predicted octanol–water partition coefficient (Wildman–Crippen LogP) is 2.57. The topological polar surface area (TPSA) is 41.4 Å². The van der Waals surface area contributed by atoms with Gasteiger partial charge in [-0.25, -0.2) is 4.68 Å². The van der Waals surface area contributed by atoms with E-state index in [0.717, 1.165) is 37.2 Å². The average Bonchev–Trinajstić information content (AvgIpc) is 3.35. The third-order valence-corrected chi connectivity index (χ3v) is 5.47. The van der Waals surface area contributed by atoms with Gasteiger partial charge in [0, 0.05) is 31.0 Å². The number of aromatic nitrogens is 2. The summed E-state index contributed by atoms with van der Waals surface area (Å²) in [5, 5.41) is 4.30. The van der Waals surface area contributed by atoms with E-state index in [-0.39, 0.29) is 5.91 Å². The zero-order valence-corrected chi connectivity index (χ0v) is 14.1. The largest absolute Gasteiger partial charge is 0.334 e. The van der Waals surface area contributed by atoms with E-state index in [4.69, 9.17) is 0 Å². The molecular weight excluding hydrogens is 300 g/mol. The van der Waals surface area contributed by atoms with E-state index in [9.17, 15) is 4.79 Å². The van der Waals surface area contributed by atoms with E-state index < -0.39 is 0 Å². The minimum Gasteiger partial charge on any atom is -0.334 e. The van der Waals surface area contributed by atoms with Gasteiger partial charge in [0.25, 0.3) is 5.91 Å². The summed E-state index contributed by atoms with van der Waals surface area (Å²) < 4.78 is 1.78. The number of nitrogens with zero attached hydrogens (tertiary/aromatic N) is 4. The SMILES string of the molecule is CN1CCC[C@H]1[C@@H]1CCCN1C(=O)c1ccccc1-n1cccn1. The smallest absolute Gasteiger partial charge is 0.256 e. The fraction of sp³-hybridized carbons (Fsp3) is 0.474. The highest BCUT2D eigenvalue weighted by molar-refractivity contribution is 5.98. The Morgan fingerprint density at radius 2 is 1.88 bits per heavy atom. The van der Waals surface area contributed by atoms with Crippen LogP contribution in [0.15, 0.2) is 42.7 Å². The van der Waals surface area contributed by atoms with Crippen molar-refractivity contribution in [2.75, 3.05) is 20.1 Å². The molecule has 2 aliphatic heterocycles. The molecule has 2 aliphatic rings. The number of hydrogen-bond donors (Lipinski definition) is 0. The molecule has 0 radical (unpaired) electrons. The third kappa shape index (κ3) is 2.63. The van der Waals surface area contributed by atoms with Gasteiger partial charge in [-0.15, -0.1) is 0 Å². The Bertz CT molecular complexity index is 712. The van der Waals surface area contributed by atoms with Crippen molar-refractivity contribution in [2.24, 2.45) is 0 Å². The number of hydrogen-bond acceptors (Lipinski definition) is 3. The van der Waals surface area contributed by atoms with Crippen LogP contribution in [-0.2, 0) is 0 Å². The Hall–Kier alpha value is -2.14. The van der Waals surface area contributed by atoms with Gasteiger partial charge >= 0.3 is 0 Å². The predicted molar refractivity (Wildman–Crippen MR) is 93.3 cm³/mol. The van der Waals surface area contributed by atoms with E-state index in [2.05, 4.69) is 21.9 Å². The number of rotatable bonds is 3. The number of para-hydroxylation sites is 1. The maximum absolute atomic E-state index is 13.3. The average molecular weight is 324 g/mol. The molecule has 126 valence electrons. The van der Waals surface area contributed by atoms with Crippen LogP contribution in [0.3, 0.4) is 0 Å². The van der Waals surface area contributed by atoms with Crippen LogP contribution in [0.5, 0.6) is 0 Å². The van der Waals surface area contributed by atoms with Gasteiger partial charge < -0.3 is 9.80 Å². The molecule has 2 saturated heterocycles. The quantitative estimate of drug-likeness (QED) is 0.871. The van der Waals surface area contributed by atoms with Crippen molar-refractivity contribution in [1.82, 2.24) is 19.6 Å². The molecule has 1 aromatic carbocycles. The van der Waals surface area contributed by atoms with Crippen LogP contribution in [-0.4, -0.2) is 57.7 Å². The number of amides is 1. The minimum atomic E-state index is 0.143. The van der Waals surface area contributed by atoms with Gasteiger partial charge in [-0.2, -0.15) is 5.10 Å². The standard InChI is InChI=1S/C19H24N4O/c1-21-12-4-9-17(21)18-10-5-13-22(18)19(24)15-7-2-3-8-16(15)23-14-6-11-20-23/h2-3,6-8,11,14,17-18H,4-5,9-10,12-13H2,1H3/t17-,18-/m0/s1. The van der Waals surface area contributed by atoms with Gasteiger partial charge in [0.1, 0.15) is 0 Å². The highest BCUT2D eigenvalue weighted by atomic mass is 16.2. The second-order valence-electron chi connectivity index (χ2n) is 6.87. The van der Waals surface area contributed by atoms with Crippen LogP contribution in [0.4, 0.5) is 0 Å². The molecule has 1 aromatic heterocycles. The van der Waals surface area contributed by atoms with Gasteiger partial charge in [-0.05, 0) is 57.5 Å². The fourth-order valence-corrected chi connectivity index (χ4v) is 4.29. The molecule has 0 aliphatic carbocycles. The summed E-state index contributed by atoms with van der Waals surface area (Å²) in [6, 6.07) is 10.5. The van der Waals surface area contributed by atoms with Crippen LogP contribution < -0.4 is 0 Å². The Balaban J connectivity index is 1.64. The molecule has 0 saturated carbocycles. The molecule has 3 heterocycles. The molecule has 5 nitrogen and oxygen atoms in total. The van der Waals surface area contributed by atoms with Crippen molar-refractivity contribution in [3.8, 4) is 5.69 Å². The first-order valence-electron chi connectivity index (χ1n) is 8.86. The molecule has 24 heavy (non-hydrogen) atoms. The van der Waals surface area contributed by atoms with Gasteiger partial charge in [-0.1, -0.05) is 12.1 Å². The molecule has 0 bridgehead atoms. The maximum atomic E-state index is 13.3. The van der Waals surface area contributed by atoms with E-state index in [0.29, 0.717) is 12.1 Å². The van der Waals surface area contributed by atoms with E-state index in [1.807, 2.05) is 36.5 Å². The summed E-state index contributed by atoms with van der Waals surface area (Å²) >= 11 is 0. The lowest BCUT2D eigenvalue weighted by molar-refractivity contribution is 0.0664. The molecular formula is C19H24N4O. The molecule has 2 atom stereocenters. The van der Waals surface area contributed by atoms with Crippen LogP contribution in [0.2, 0.25) is 0 Å².